The molecule has 116 valence electrons. The van der Waals surface area contributed by atoms with Crippen molar-refractivity contribution in [3.05, 3.63) is 27.7 Å². The molecule has 3 N–H and O–H groups in total. The van der Waals surface area contributed by atoms with Gasteiger partial charge >= 0.3 is 0 Å². The van der Waals surface area contributed by atoms with Gasteiger partial charge in [-0.2, -0.15) is 0 Å². The Morgan fingerprint density at radius 3 is 2.71 bits per heavy atom. The van der Waals surface area contributed by atoms with Crippen LogP contribution in [0, 0.1) is 5.92 Å². The van der Waals surface area contributed by atoms with Crippen LogP contribution in [0.1, 0.15) is 16.8 Å². The Hall–Kier alpha value is -0.860. The van der Waals surface area contributed by atoms with Gasteiger partial charge in [0.1, 0.15) is 0 Å². The zero-order valence-corrected chi connectivity index (χ0v) is 13.3. The summed E-state index contributed by atoms with van der Waals surface area (Å²) < 4.78 is 27.9. The summed E-state index contributed by atoms with van der Waals surface area (Å²) in [6.45, 7) is 1.69. The molecule has 1 saturated heterocycles. The van der Waals surface area contributed by atoms with Crippen molar-refractivity contribution in [3.8, 4) is 0 Å². The molecule has 0 saturated carbocycles. The van der Waals surface area contributed by atoms with Crippen LogP contribution in [0.2, 0.25) is 10.0 Å². The van der Waals surface area contributed by atoms with Crippen molar-refractivity contribution >= 4 is 39.1 Å². The minimum Gasteiger partial charge on any atom is -0.381 e. The number of primary sulfonamides is 1. The van der Waals surface area contributed by atoms with E-state index in [2.05, 4.69) is 5.32 Å². The van der Waals surface area contributed by atoms with Gasteiger partial charge < -0.3 is 10.1 Å². The first-order valence-corrected chi connectivity index (χ1v) is 8.47. The summed E-state index contributed by atoms with van der Waals surface area (Å²) in [6.07, 6.45) is 0.867. The number of sulfonamides is 1. The lowest BCUT2D eigenvalue weighted by Gasteiger charge is -2.12. The SMILES string of the molecule is NS(=O)(=O)c1cc(Cl)c(Cl)c(C(=O)NCC2CCOC2)c1. The van der Waals surface area contributed by atoms with Crippen molar-refractivity contribution in [3.63, 3.8) is 0 Å². The number of ether oxygens (including phenoxy) is 1. The van der Waals surface area contributed by atoms with Gasteiger partial charge in [0.15, 0.2) is 0 Å². The first-order valence-electron chi connectivity index (χ1n) is 6.17. The average Bonchev–Trinajstić information content (AvgIpc) is 2.91. The Morgan fingerprint density at radius 1 is 1.43 bits per heavy atom. The molecule has 0 radical (unpaired) electrons. The van der Waals surface area contributed by atoms with Crippen LogP contribution in [0.25, 0.3) is 0 Å². The summed E-state index contributed by atoms with van der Waals surface area (Å²) in [5.41, 5.74) is -0.0212. The Bertz CT molecular complexity index is 657. The number of hydrogen-bond acceptors (Lipinski definition) is 4. The van der Waals surface area contributed by atoms with Crippen molar-refractivity contribution in [2.24, 2.45) is 11.1 Å². The summed E-state index contributed by atoms with van der Waals surface area (Å²) >= 11 is 11.8. The highest BCUT2D eigenvalue weighted by atomic mass is 35.5. The molecule has 1 aliphatic heterocycles. The van der Waals surface area contributed by atoms with Crippen molar-refractivity contribution in [1.82, 2.24) is 5.32 Å². The van der Waals surface area contributed by atoms with Gasteiger partial charge in [-0.05, 0) is 18.6 Å². The maximum atomic E-state index is 12.1. The average molecular weight is 353 g/mol. The van der Waals surface area contributed by atoms with Crippen molar-refractivity contribution in [2.45, 2.75) is 11.3 Å². The third-order valence-corrected chi connectivity index (χ3v) is 4.84. The predicted octanol–water partition coefficient (Wildman–Crippen LogP) is 1.41. The fraction of sp³-hybridized carbons (Fsp3) is 0.417. The van der Waals surface area contributed by atoms with Gasteiger partial charge in [-0.3, -0.25) is 4.79 Å². The highest BCUT2D eigenvalue weighted by Crippen LogP contribution is 2.29. The van der Waals surface area contributed by atoms with E-state index < -0.39 is 15.9 Å². The van der Waals surface area contributed by atoms with Gasteiger partial charge in [0.25, 0.3) is 5.91 Å². The molecule has 6 nitrogen and oxygen atoms in total. The van der Waals surface area contributed by atoms with Gasteiger partial charge in [-0.15, -0.1) is 0 Å². The van der Waals surface area contributed by atoms with Gasteiger partial charge in [0.05, 0.1) is 27.1 Å². The lowest BCUT2D eigenvalue weighted by atomic mass is 10.1. The van der Waals surface area contributed by atoms with Crippen LogP contribution in [0.3, 0.4) is 0 Å². The fourth-order valence-corrected chi connectivity index (χ4v) is 3.01. The largest absolute Gasteiger partial charge is 0.381 e. The number of rotatable bonds is 4. The Labute approximate surface area is 132 Å². The fourth-order valence-electron chi connectivity index (χ4n) is 1.97. The summed E-state index contributed by atoms with van der Waals surface area (Å²) in [6, 6.07) is 2.23. The zero-order valence-electron chi connectivity index (χ0n) is 10.9. The molecule has 0 spiro atoms. The van der Waals surface area contributed by atoms with E-state index in [0.29, 0.717) is 19.8 Å². The van der Waals surface area contributed by atoms with Gasteiger partial charge in [0.2, 0.25) is 10.0 Å². The van der Waals surface area contributed by atoms with E-state index in [9.17, 15) is 13.2 Å². The van der Waals surface area contributed by atoms with E-state index >= 15 is 0 Å². The lowest BCUT2D eigenvalue weighted by Crippen LogP contribution is -2.30. The molecule has 9 heteroatoms. The summed E-state index contributed by atoms with van der Waals surface area (Å²) in [5, 5.41) is 7.68. The first-order chi connectivity index (χ1) is 9.79. The number of halogens is 2. The monoisotopic (exact) mass is 352 g/mol. The van der Waals surface area contributed by atoms with E-state index in [1.165, 1.54) is 0 Å². The molecule has 1 fully saturated rings. The number of benzene rings is 1. The van der Waals surface area contributed by atoms with Gasteiger partial charge in [0, 0.05) is 19.1 Å². The van der Waals surface area contributed by atoms with E-state index in [1.807, 2.05) is 0 Å². The lowest BCUT2D eigenvalue weighted by molar-refractivity contribution is 0.0945. The second kappa shape index (κ2) is 6.50. The molecule has 1 unspecified atom stereocenters. The molecule has 2 rings (SSSR count). The molecule has 1 heterocycles. The number of hydrogen-bond donors (Lipinski definition) is 2. The minimum atomic E-state index is -3.97. The van der Waals surface area contributed by atoms with E-state index in [4.69, 9.17) is 33.1 Å². The molecule has 1 amide bonds. The smallest absolute Gasteiger partial charge is 0.252 e. The second-order valence-electron chi connectivity index (χ2n) is 4.75. The van der Waals surface area contributed by atoms with Crippen molar-refractivity contribution in [1.29, 1.82) is 0 Å². The van der Waals surface area contributed by atoms with Crippen LogP contribution in [-0.2, 0) is 14.8 Å². The summed E-state index contributed by atoms with van der Waals surface area (Å²) in [7, 11) is -3.97. The second-order valence-corrected chi connectivity index (χ2v) is 7.10. The molecule has 1 aromatic rings. The topological polar surface area (TPSA) is 98.5 Å². The molecule has 0 aliphatic carbocycles. The number of nitrogens with two attached hydrogens (primary N) is 1. The Balaban J connectivity index is 2.21. The minimum absolute atomic E-state index is 0.00996. The number of amides is 1. The van der Waals surface area contributed by atoms with Crippen molar-refractivity contribution in [2.75, 3.05) is 19.8 Å². The third kappa shape index (κ3) is 4.08. The van der Waals surface area contributed by atoms with Gasteiger partial charge in [-0.25, -0.2) is 13.6 Å². The summed E-state index contributed by atoms with van der Waals surface area (Å²) in [4.78, 5) is 11.9. The van der Waals surface area contributed by atoms with Gasteiger partial charge in [-0.1, -0.05) is 23.2 Å². The van der Waals surface area contributed by atoms with Crippen LogP contribution in [0.15, 0.2) is 17.0 Å². The Morgan fingerprint density at radius 2 is 2.14 bits per heavy atom. The maximum Gasteiger partial charge on any atom is 0.252 e. The normalized spacial score (nSPS) is 18.7. The van der Waals surface area contributed by atoms with E-state index in [-0.39, 0.29) is 26.4 Å². The third-order valence-electron chi connectivity index (χ3n) is 3.15. The molecular weight excluding hydrogens is 339 g/mol. The molecular formula is C12H14Cl2N2O4S. The predicted molar refractivity (Wildman–Crippen MR) is 79.1 cm³/mol. The molecule has 0 bridgehead atoms. The van der Waals surface area contributed by atoms with Crippen molar-refractivity contribution < 1.29 is 17.9 Å². The zero-order chi connectivity index (χ0) is 15.6. The number of carbonyl (C=O) groups is 1. The molecule has 21 heavy (non-hydrogen) atoms. The quantitative estimate of drug-likeness (QED) is 0.855. The van der Waals surface area contributed by atoms with Crippen LogP contribution >= 0.6 is 23.2 Å². The van der Waals surface area contributed by atoms with Crippen LogP contribution in [-0.4, -0.2) is 34.1 Å². The highest BCUT2D eigenvalue weighted by molar-refractivity contribution is 7.89. The Kier molecular flexibility index (Phi) is 5.11. The van der Waals surface area contributed by atoms with E-state index in [0.717, 1.165) is 18.6 Å². The van der Waals surface area contributed by atoms with Crippen LogP contribution in [0.5, 0.6) is 0 Å². The molecule has 1 aromatic carbocycles. The number of nitrogens with one attached hydrogen (secondary N) is 1. The molecule has 1 aliphatic rings. The maximum absolute atomic E-state index is 12.1. The summed E-state index contributed by atoms with van der Waals surface area (Å²) in [5.74, 6) is -0.260. The van der Waals surface area contributed by atoms with Crippen LogP contribution < -0.4 is 10.5 Å². The van der Waals surface area contributed by atoms with Crippen LogP contribution in [0.4, 0.5) is 0 Å². The molecule has 1 atom stereocenters. The molecule has 0 aromatic heterocycles. The first kappa shape index (κ1) is 16.5. The number of carbonyl (C=O) groups excluding carboxylic acids is 1. The standard InChI is InChI=1S/C12H14Cl2N2O4S/c13-10-4-8(21(15,18)19)3-9(11(10)14)12(17)16-5-7-1-2-20-6-7/h3-4,7H,1-2,5-6H2,(H,16,17)(H2,15,18,19). The highest BCUT2D eigenvalue weighted by Gasteiger charge is 2.21. The van der Waals surface area contributed by atoms with E-state index in [1.54, 1.807) is 0 Å².